The van der Waals surface area contributed by atoms with Gasteiger partial charge in [0.2, 0.25) is 0 Å². The molecule has 0 amide bonds. The molecule has 3 aromatic rings. The number of hydrogen-bond donors (Lipinski definition) is 1. The zero-order chi connectivity index (χ0) is 21.0. The van der Waals surface area contributed by atoms with Crippen LogP contribution >= 0.6 is 11.3 Å². The number of benzene rings is 2. The van der Waals surface area contributed by atoms with E-state index in [2.05, 4.69) is 0 Å². The number of ether oxygens (including phenoxy) is 2. The molecule has 1 heterocycles. The van der Waals surface area contributed by atoms with Crippen molar-refractivity contribution in [1.82, 2.24) is 0 Å². The number of rotatable bonds is 7. The van der Waals surface area contributed by atoms with Crippen LogP contribution in [0.15, 0.2) is 54.6 Å². The lowest BCUT2D eigenvalue weighted by Gasteiger charge is -2.10. The molecule has 0 atom stereocenters. The third-order valence-corrected chi connectivity index (χ3v) is 5.14. The maximum atomic E-state index is 12.7. The molecule has 0 saturated heterocycles. The average molecular weight is 422 g/mol. The summed E-state index contributed by atoms with van der Waals surface area (Å²) in [6.45, 7) is 1.68. The Kier molecular flexibility index (Phi) is 6.12. The molecule has 0 unspecified atom stereocenters. The third kappa shape index (κ3) is 5.51. The van der Waals surface area contributed by atoms with E-state index in [1.165, 1.54) is 23.5 Å². The number of aliphatic carboxylic acids is 1. The van der Waals surface area contributed by atoms with E-state index in [4.69, 9.17) is 14.6 Å². The highest BCUT2D eigenvalue weighted by Crippen LogP contribution is 2.33. The van der Waals surface area contributed by atoms with Gasteiger partial charge in [-0.25, -0.2) is 4.79 Å². The summed E-state index contributed by atoms with van der Waals surface area (Å²) >= 11 is 1.44. The molecule has 8 heteroatoms. The van der Waals surface area contributed by atoms with Crippen LogP contribution in [0, 0.1) is 6.92 Å². The van der Waals surface area contributed by atoms with Crippen molar-refractivity contribution in [1.29, 1.82) is 0 Å². The van der Waals surface area contributed by atoms with Gasteiger partial charge >= 0.3 is 12.1 Å². The molecule has 3 rings (SSSR count). The number of carbonyl (C=O) groups is 1. The van der Waals surface area contributed by atoms with Crippen LogP contribution in [0.2, 0.25) is 0 Å². The number of carboxylic acid groups (broad SMARTS) is 1. The fraction of sp³-hybridized carbons (Fsp3) is 0.190. The SMILES string of the molecule is Cc1cc(OCc2ccc(-c3ccc(C(F)(F)F)cc3)s2)ccc1OCC(=O)O. The number of hydrogen-bond acceptors (Lipinski definition) is 4. The minimum atomic E-state index is -4.35. The van der Waals surface area contributed by atoms with Gasteiger partial charge in [-0.05, 0) is 60.5 Å². The first-order valence-electron chi connectivity index (χ1n) is 8.57. The smallest absolute Gasteiger partial charge is 0.416 e. The van der Waals surface area contributed by atoms with Crippen molar-refractivity contribution < 1.29 is 32.5 Å². The van der Waals surface area contributed by atoms with Crippen molar-refractivity contribution >= 4 is 17.3 Å². The van der Waals surface area contributed by atoms with Crippen molar-refractivity contribution in [3.8, 4) is 21.9 Å². The summed E-state index contributed by atoms with van der Waals surface area (Å²) in [5, 5.41) is 8.67. The summed E-state index contributed by atoms with van der Waals surface area (Å²) in [6.07, 6.45) is -4.35. The van der Waals surface area contributed by atoms with Crippen LogP contribution < -0.4 is 9.47 Å². The van der Waals surface area contributed by atoms with Gasteiger partial charge < -0.3 is 14.6 Å². The minimum absolute atomic E-state index is 0.306. The number of aryl methyl sites for hydroxylation is 1. The summed E-state index contributed by atoms with van der Waals surface area (Å²) in [5.74, 6) is 0.0291. The fourth-order valence-electron chi connectivity index (χ4n) is 2.60. The van der Waals surface area contributed by atoms with Gasteiger partial charge in [-0.1, -0.05) is 12.1 Å². The second-order valence-corrected chi connectivity index (χ2v) is 7.41. The van der Waals surface area contributed by atoms with Gasteiger partial charge in [-0.2, -0.15) is 13.2 Å². The van der Waals surface area contributed by atoms with Crippen molar-refractivity contribution in [2.75, 3.05) is 6.61 Å². The number of thiophene rings is 1. The molecule has 1 aromatic heterocycles. The van der Waals surface area contributed by atoms with Crippen LogP contribution in [-0.2, 0) is 17.6 Å². The Balaban J connectivity index is 1.62. The van der Waals surface area contributed by atoms with Gasteiger partial charge in [0.15, 0.2) is 6.61 Å². The molecule has 0 spiro atoms. The van der Waals surface area contributed by atoms with E-state index in [0.29, 0.717) is 23.7 Å². The molecular formula is C21H17F3O4S. The van der Waals surface area contributed by atoms with Gasteiger partial charge in [0.25, 0.3) is 0 Å². The summed E-state index contributed by atoms with van der Waals surface area (Å²) in [5.41, 5.74) is 0.790. The lowest BCUT2D eigenvalue weighted by Crippen LogP contribution is -2.10. The maximum Gasteiger partial charge on any atom is 0.416 e. The molecule has 29 heavy (non-hydrogen) atoms. The molecular weight excluding hydrogens is 405 g/mol. The van der Waals surface area contributed by atoms with Crippen molar-refractivity contribution in [3.63, 3.8) is 0 Å². The van der Waals surface area contributed by atoms with Gasteiger partial charge in [0.1, 0.15) is 18.1 Å². The Hall–Kier alpha value is -3.00. The molecule has 0 aliphatic carbocycles. The molecule has 0 saturated carbocycles. The van der Waals surface area contributed by atoms with Crippen molar-refractivity contribution in [2.24, 2.45) is 0 Å². The van der Waals surface area contributed by atoms with Crippen molar-refractivity contribution in [3.05, 3.63) is 70.6 Å². The Morgan fingerprint density at radius 3 is 2.38 bits per heavy atom. The molecule has 0 radical (unpaired) electrons. The predicted octanol–water partition coefficient (Wildman–Crippen LogP) is 5.78. The van der Waals surface area contributed by atoms with E-state index in [9.17, 15) is 18.0 Å². The molecule has 1 N–H and O–H groups in total. The van der Waals surface area contributed by atoms with Crippen LogP contribution in [0.1, 0.15) is 16.0 Å². The largest absolute Gasteiger partial charge is 0.488 e. The minimum Gasteiger partial charge on any atom is -0.488 e. The van der Waals surface area contributed by atoms with Gasteiger partial charge in [0, 0.05) is 9.75 Å². The first-order valence-corrected chi connectivity index (χ1v) is 9.38. The molecule has 0 aliphatic heterocycles. The van der Waals surface area contributed by atoms with Crippen LogP contribution in [0.4, 0.5) is 13.2 Å². The van der Waals surface area contributed by atoms with E-state index in [-0.39, 0.29) is 0 Å². The summed E-state index contributed by atoms with van der Waals surface area (Å²) < 4.78 is 48.9. The molecule has 0 aliphatic rings. The third-order valence-electron chi connectivity index (χ3n) is 4.04. The fourth-order valence-corrected chi connectivity index (χ4v) is 3.53. The van der Waals surface area contributed by atoms with Crippen LogP contribution in [-0.4, -0.2) is 17.7 Å². The topological polar surface area (TPSA) is 55.8 Å². The molecule has 0 bridgehead atoms. The second kappa shape index (κ2) is 8.57. The van der Waals surface area contributed by atoms with E-state index >= 15 is 0 Å². The second-order valence-electron chi connectivity index (χ2n) is 6.24. The molecule has 2 aromatic carbocycles. The zero-order valence-electron chi connectivity index (χ0n) is 15.3. The highest BCUT2D eigenvalue weighted by atomic mass is 32.1. The Bertz CT molecular complexity index is 994. The first kappa shape index (κ1) is 20.7. The Morgan fingerprint density at radius 1 is 1.03 bits per heavy atom. The summed E-state index contributed by atoms with van der Waals surface area (Å²) in [4.78, 5) is 12.3. The van der Waals surface area contributed by atoms with Crippen LogP contribution in [0.3, 0.4) is 0 Å². The van der Waals surface area contributed by atoms with Crippen molar-refractivity contribution in [2.45, 2.75) is 19.7 Å². The van der Waals surface area contributed by atoms with Gasteiger partial charge in [-0.15, -0.1) is 11.3 Å². The number of halogens is 3. The van der Waals surface area contributed by atoms with Gasteiger partial charge in [0.05, 0.1) is 5.56 Å². The molecule has 152 valence electrons. The Morgan fingerprint density at radius 2 is 1.76 bits per heavy atom. The lowest BCUT2D eigenvalue weighted by molar-refractivity contribution is -0.139. The molecule has 0 fully saturated rings. The maximum absolute atomic E-state index is 12.7. The lowest BCUT2D eigenvalue weighted by atomic mass is 10.1. The highest BCUT2D eigenvalue weighted by molar-refractivity contribution is 7.15. The van der Waals surface area contributed by atoms with E-state index < -0.39 is 24.3 Å². The van der Waals surface area contributed by atoms with Crippen LogP contribution in [0.25, 0.3) is 10.4 Å². The highest BCUT2D eigenvalue weighted by Gasteiger charge is 2.30. The number of carboxylic acids is 1. The molecule has 4 nitrogen and oxygen atoms in total. The first-order chi connectivity index (χ1) is 13.7. The summed E-state index contributed by atoms with van der Waals surface area (Å²) in [6, 6.07) is 13.9. The normalized spacial score (nSPS) is 11.3. The van der Waals surface area contributed by atoms with E-state index in [0.717, 1.165) is 27.5 Å². The standard InChI is InChI=1S/C21H17F3O4S/c1-13-10-16(6-8-18(13)28-12-20(25)26)27-11-17-7-9-19(29-17)14-2-4-15(5-3-14)21(22,23)24/h2-10H,11-12H2,1H3,(H,25,26). The predicted molar refractivity (Wildman–Crippen MR) is 103 cm³/mol. The summed E-state index contributed by atoms with van der Waals surface area (Å²) in [7, 11) is 0. The Labute approximate surface area is 169 Å². The zero-order valence-corrected chi connectivity index (χ0v) is 16.1. The van der Waals surface area contributed by atoms with Crippen LogP contribution in [0.5, 0.6) is 11.5 Å². The van der Waals surface area contributed by atoms with E-state index in [1.807, 2.05) is 12.1 Å². The monoisotopic (exact) mass is 422 g/mol. The average Bonchev–Trinajstić information content (AvgIpc) is 3.14. The quantitative estimate of drug-likeness (QED) is 0.524. The number of alkyl halides is 3. The van der Waals surface area contributed by atoms with E-state index in [1.54, 1.807) is 25.1 Å². The van der Waals surface area contributed by atoms with Gasteiger partial charge in [-0.3, -0.25) is 0 Å².